The molecule has 76 valence electrons. The molecule has 1 rings (SSSR count). The van der Waals surface area contributed by atoms with E-state index in [1.165, 1.54) is 0 Å². The molecule has 0 amide bonds. The molecule has 0 aromatic rings. The van der Waals surface area contributed by atoms with Gasteiger partial charge in [0.2, 0.25) is 0 Å². The van der Waals surface area contributed by atoms with Gasteiger partial charge in [-0.1, -0.05) is 19.6 Å². The van der Waals surface area contributed by atoms with Gasteiger partial charge in [0.05, 0.1) is 6.10 Å². The van der Waals surface area contributed by atoms with E-state index in [0.29, 0.717) is 6.42 Å². The average Bonchev–Trinajstić information content (AvgIpc) is 2.31. The minimum Gasteiger partial charge on any atom is -0.480 e. The molecule has 0 radical (unpaired) electrons. The van der Waals surface area contributed by atoms with Gasteiger partial charge in [-0.25, -0.2) is 0 Å². The number of carboxylic acids is 1. The first-order chi connectivity index (χ1) is 5.88. The summed E-state index contributed by atoms with van der Waals surface area (Å²) < 4.78 is 0. The number of hydrogen-bond donors (Lipinski definition) is 2. The van der Waals surface area contributed by atoms with Crippen molar-refractivity contribution in [1.82, 2.24) is 5.48 Å². The fourth-order valence-corrected chi connectivity index (χ4v) is 3.11. The molecule has 1 saturated heterocycles. The van der Waals surface area contributed by atoms with Gasteiger partial charge in [-0.3, -0.25) is 9.63 Å². The summed E-state index contributed by atoms with van der Waals surface area (Å²) in [6.45, 7) is 6.76. The van der Waals surface area contributed by atoms with Gasteiger partial charge in [-0.2, -0.15) is 5.48 Å². The van der Waals surface area contributed by atoms with Gasteiger partial charge in [0.1, 0.15) is 6.04 Å². The molecule has 2 atom stereocenters. The van der Waals surface area contributed by atoms with Crippen molar-refractivity contribution in [3.63, 3.8) is 0 Å². The maximum atomic E-state index is 10.6. The molecule has 2 N–H and O–H groups in total. The Labute approximate surface area is 79.2 Å². The molecule has 0 aromatic heterocycles. The maximum absolute atomic E-state index is 10.6. The summed E-state index contributed by atoms with van der Waals surface area (Å²) >= 11 is 0. The summed E-state index contributed by atoms with van der Waals surface area (Å²) in [5.41, 5.74) is 2.55. The van der Waals surface area contributed by atoms with Gasteiger partial charge in [-0.05, 0) is 6.04 Å². The minimum atomic E-state index is -1.14. The zero-order valence-electron chi connectivity index (χ0n) is 8.33. The predicted octanol–water partition coefficient (Wildman–Crippen LogP) is 1.07. The Balaban J connectivity index is 2.38. The van der Waals surface area contributed by atoms with Crippen molar-refractivity contribution in [2.24, 2.45) is 0 Å². The van der Waals surface area contributed by atoms with Crippen LogP contribution in [0.25, 0.3) is 0 Å². The lowest BCUT2D eigenvalue weighted by molar-refractivity contribution is -0.140. The van der Waals surface area contributed by atoms with E-state index in [1.807, 2.05) is 0 Å². The third-order valence-electron chi connectivity index (χ3n) is 2.01. The van der Waals surface area contributed by atoms with E-state index in [-0.39, 0.29) is 6.10 Å². The molecule has 0 spiro atoms. The van der Waals surface area contributed by atoms with Crippen molar-refractivity contribution in [3.05, 3.63) is 0 Å². The number of rotatable bonds is 3. The molecule has 13 heavy (non-hydrogen) atoms. The van der Waals surface area contributed by atoms with Gasteiger partial charge in [0, 0.05) is 14.5 Å². The zero-order chi connectivity index (χ0) is 10.1. The average molecular weight is 203 g/mol. The number of hydroxylamine groups is 1. The van der Waals surface area contributed by atoms with Crippen LogP contribution in [-0.4, -0.2) is 31.3 Å². The quantitative estimate of drug-likeness (QED) is 0.674. The highest BCUT2D eigenvalue weighted by atomic mass is 28.3. The number of carboxylic acid groups (broad SMARTS) is 1. The Hall–Kier alpha value is -0.393. The van der Waals surface area contributed by atoms with Gasteiger partial charge in [0.25, 0.3) is 0 Å². The van der Waals surface area contributed by atoms with Crippen LogP contribution in [0.15, 0.2) is 0 Å². The molecular formula is C8H17NO3Si. The molecule has 1 heterocycles. The number of nitrogens with one attached hydrogen (secondary N) is 1. The molecule has 0 aliphatic carbocycles. The highest BCUT2D eigenvalue weighted by Gasteiger charge is 2.33. The Morgan fingerprint density at radius 1 is 1.62 bits per heavy atom. The van der Waals surface area contributed by atoms with Crippen molar-refractivity contribution in [3.8, 4) is 0 Å². The highest BCUT2D eigenvalue weighted by molar-refractivity contribution is 6.76. The van der Waals surface area contributed by atoms with Crippen LogP contribution >= 0.6 is 0 Å². The second-order valence-corrected chi connectivity index (χ2v) is 10.3. The van der Waals surface area contributed by atoms with Crippen LogP contribution in [0.3, 0.4) is 0 Å². The lowest BCUT2D eigenvalue weighted by Gasteiger charge is -2.18. The summed E-state index contributed by atoms with van der Waals surface area (Å²) in [6, 6.07) is 0.505. The number of carbonyl (C=O) groups is 1. The normalized spacial score (nSPS) is 29.2. The molecule has 0 aromatic carbocycles. The number of hydrogen-bond acceptors (Lipinski definition) is 3. The molecule has 1 aliphatic rings. The van der Waals surface area contributed by atoms with E-state index in [9.17, 15) is 4.79 Å². The molecule has 5 heteroatoms. The summed E-state index contributed by atoms with van der Waals surface area (Å²) in [7, 11) is -1.14. The van der Waals surface area contributed by atoms with Crippen LogP contribution < -0.4 is 5.48 Å². The fourth-order valence-electron chi connectivity index (χ4n) is 1.50. The van der Waals surface area contributed by atoms with Crippen molar-refractivity contribution in [2.45, 2.75) is 44.3 Å². The van der Waals surface area contributed by atoms with Crippen molar-refractivity contribution < 1.29 is 14.7 Å². The molecule has 4 nitrogen and oxygen atoms in total. The zero-order valence-corrected chi connectivity index (χ0v) is 9.33. The van der Waals surface area contributed by atoms with Crippen LogP contribution in [0, 0.1) is 0 Å². The standard InChI is InChI=1S/C8H17NO3Si/c1-13(2,3)5-6-4-7(8(10)11)9-12-6/h6-7,9H,4-5H2,1-3H3,(H,10,11)/t6-,7+/m0/s1. The van der Waals surface area contributed by atoms with E-state index < -0.39 is 20.1 Å². The van der Waals surface area contributed by atoms with E-state index in [4.69, 9.17) is 9.94 Å². The molecular weight excluding hydrogens is 186 g/mol. The van der Waals surface area contributed by atoms with Gasteiger partial charge < -0.3 is 5.11 Å². The predicted molar refractivity (Wildman–Crippen MR) is 52.2 cm³/mol. The maximum Gasteiger partial charge on any atom is 0.323 e. The molecule has 1 aliphatic heterocycles. The van der Waals surface area contributed by atoms with Gasteiger partial charge in [0.15, 0.2) is 0 Å². The largest absolute Gasteiger partial charge is 0.480 e. The summed E-state index contributed by atoms with van der Waals surface area (Å²) in [5.74, 6) is -0.821. The SMILES string of the molecule is C[Si](C)(C)C[C@@H]1C[C@H](C(=O)O)NO1. The Bertz CT molecular complexity index is 202. The van der Waals surface area contributed by atoms with Crippen molar-refractivity contribution in [1.29, 1.82) is 0 Å². The van der Waals surface area contributed by atoms with E-state index in [2.05, 4.69) is 25.1 Å². The minimum absolute atomic E-state index is 0.0905. The Morgan fingerprint density at radius 3 is 2.62 bits per heavy atom. The first-order valence-electron chi connectivity index (χ1n) is 4.52. The fraction of sp³-hybridized carbons (Fsp3) is 0.875. The first-order valence-corrected chi connectivity index (χ1v) is 8.23. The van der Waals surface area contributed by atoms with Crippen LogP contribution in [0.4, 0.5) is 0 Å². The molecule has 0 saturated carbocycles. The highest BCUT2D eigenvalue weighted by Crippen LogP contribution is 2.21. The molecule has 1 fully saturated rings. The van der Waals surface area contributed by atoms with E-state index in [1.54, 1.807) is 0 Å². The van der Waals surface area contributed by atoms with Gasteiger partial charge >= 0.3 is 5.97 Å². The Morgan fingerprint density at radius 2 is 2.23 bits per heavy atom. The van der Waals surface area contributed by atoms with Crippen LogP contribution in [0.5, 0.6) is 0 Å². The van der Waals surface area contributed by atoms with Crippen LogP contribution in [-0.2, 0) is 9.63 Å². The second kappa shape index (κ2) is 3.77. The van der Waals surface area contributed by atoms with E-state index in [0.717, 1.165) is 6.04 Å². The van der Waals surface area contributed by atoms with E-state index >= 15 is 0 Å². The number of aliphatic carboxylic acids is 1. The second-order valence-electron chi connectivity index (χ2n) is 4.75. The van der Waals surface area contributed by atoms with Crippen LogP contribution in [0.2, 0.25) is 25.7 Å². The van der Waals surface area contributed by atoms with Crippen LogP contribution in [0.1, 0.15) is 6.42 Å². The topological polar surface area (TPSA) is 58.6 Å². The molecule has 0 bridgehead atoms. The van der Waals surface area contributed by atoms with Crippen molar-refractivity contribution in [2.75, 3.05) is 0 Å². The third kappa shape index (κ3) is 3.46. The lowest BCUT2D eigenvalue weighted by Crippen LogP contribution is -2.29. The lowest BCUT2D eigenvalue weighted by atomic mass is 10.2. The smallest absolute Gasteiger partial charge is 0.323 e. The summed E-state index contributed by atoms with van der Waals surface area (Å²) in [6.07, 6.45) is 0.687. The molecule has 0 unspecified atom stereocenters. The monoisotopic (exact) mass is 203 g/mol. The Kier molecular flexibility index (Phi) is 3.10. The first kappa shape index (κ1) is 10.7. The van der Waals surface area contributed by atoms with Crippen molar-refractivity contribution >= 4 is 14.0 Å². The third-order valence-corrected chi connectivity index (χ3v) is 3.69. The summed E-state index contributed by atoms with van der Waals surface area (Å²) in [5, 5.41) is 8.70. The van der Waals surface area contributed by atoms with Gasteiger partial charge in [-0.15, -0.1) is 0 Å². The summed E-state index contributed by atoms with van der Waals surface area (Å²) in [4.78, 5) is 15.8.